The molecule has 0 heterocycles. The number of nitrogens with one attached hydrogen (secondary N) is 1. The van der Waals surface area contributed by atoms with Crippen molar-refractivity contribution in [1.82, 2.24) is 0 Å². The first-order valence-electron chi connectivity index (χ1n) is 8.29. The van der Waals surface area contributed by atoms with Crippen LogP contribution in [0, 0.1) is 0 Å². The molecule has 3 rings (SSSR count). The van der Waals surface area contributed by atoms with Gasteiger partial charge in [-0.25, -0.2) is 0 Å². The summed E-state index contributed by atoms with van der Waals surface area (Å²) >= 11 is 18.9. The zero-order valence-electron chi connectivity index (χ0n) is 14.6. The van der Waals surface area contributed by atoms with Crippen molar-refractivity contribution in [2.75, 3.05) is 12.4 Å². The largest absolute Gasteiger partial charge is 0.495 e. The van der Waals surface area contributed by atoms with Crippen molar-refractivity contribution in [2.45, 2.75) is 13.2 Å². The van der Waals surface area contributed by atoms with Crippen LogP contribution in [0.3, 0.4) is 0 Å². The molecule has 0 aromatic heterocycles. The molecule has 0 aliphatic rings. The molecule has 0 aliphatic heterocycles. The zero-order valence-corrected chi connectivity index (χ0v) is 16.9. The summed E-state index contributed by atoms with van der Waals surface area (Å²) in [7, 11) is 1.58. The summed E-state index contributed by atoms with van der Waals surface area (Å²) in [5, 5.41) is 4.78. The van der Waals surface area contributed by atoms with Crippen molar-refractivity contribution in [2.24, 2.45) is 0 Å². The summed E-state index contributed by atoms with van der Waals surface area (Å²) in [5.74, 6) is 1.12. The van der Waals surface area contributed by atoms with E-state index in [0.717, 1.165) is 16.8 Å². The summed E-state index contributed by atoms with van der Waals surface area (Å²) in [6.45, 7) is 0.948. The van der Waals surface area contributed by atoms with Crippen molar-refractivity contribution in [3.63, 3.8) is 0 Å². The number of anilines is 1. The Bertz CT molecular complexity index is 894. The number of methoxy groups -OCH3 is 1. The Morgan fingerprint density at radius 2 is 1.52 bits per heavy atom. The van der Waals surface area contributed by atoms with Gasteiger partial charge >= 0.3 is 0 Å². The highest BCUT2D eigenvalue weighted by atomic mass is 35.5. The lowest BCUT2D eigenvalue weighted by Gasteiger charge is -2.13. The average Bonchev–Trinajstić information content (AvgIpc) is 2.66. The average molecular weight is 423 g/mol. The molecule has 3 aromatic carbocycles. The van der Waals surface area contributed by atoms with Crippen molar-refractivity contribution in [3.8, 4) is 11.5 Å². The van der Waals surface area contributed by atoms with E-state index in [1.165, 1.54) is 0 Å². The molecule has 27 heavy (non-hydrogen) atoms. The van der Waals surface area contributed by atoms with E-state index in [1.807, 2.05) is 54.6 Å². The lowest BCUT2D eigenvalue weighted by atomic mass is 10.2. The van der Waals surface area contributed by atoms with Crippen LogP contribution in [-0.2, 0) is 13.2 Å². The molecule has 6 heteroatoms. The highest BCUT2D eigenvalue weighted by Gasteiger charge is 2.11. The van der Waals surface area contributed by atoms with Crippen LogP contribution >= 0.6 is 34.8 Å². The maximum absolute atomic E-state index is 6.37. The van der Waals surface area contributed by atoms with Crippen molar-refractivity contribution in [1.29, 1.82) is 0 Å². The van der Waals surface area contributed by atoms with E-state index in [1.54, 1.807) is 13.2 Å². The van der Waals surface area contributed by atoms with Crippen LogP contribution in [0.15, 0.2) is 60.7 Å². The number of ether oxygens (including phenoxy) is 2. The number of halogens is 3. The van der Waals surface area contributed by atoms with Crippen molar-refractivity contribution in [3.05, 3.63) is 86.9 Å². The monoisotopic (exact) mass is 421 g/mol. The highest BCUT2D eigenvalue weighted by molar-refractivity contribution is 6.37. The van der Waals surface area contributed by atoms with E-state index in [2.05, 4.69) is 5.32 Å². The summed E-state index contributed by atoms with van der Waals surface area (Å²) in [6.07, 6.45) is 0. The molecule has 0 bridgehead atoms. The third-order valence-corrected chi connectivity index (χ3v) is 4.79. The summed E-state index contributed by atoms with van der Waals surface area (Å²) < 4.78 is 11.0. The summed E-state index contributed by atoms with van der Waals surface area (Å²) in [5.41, 5.74) is 2.85. The van der Waals surface area contributed by atoms with Crippen LogP contribution in [0.1, 0.15) is 11.1 Å². The Balaban J connectivity index is 1.66. The molecular formula is C21H18Cl3NO2. The van der Waals surface area contributed by atoms with Crippen molar-refractivity contribution >= 4 is 40.5 Å². The molecule has 3 nitrogen and oxygen atoms in total. The van der Waals surface area contributed by atoms with Gasteiger partial charge in [0.2, 0.25) is 0 Å². The van der Waals surface area contributed by atoms with Gasteiger partial charge in [0.15, 0.2) is 5.75 Å². The maximum Gasteiger partial charge on any atom is 0.156 e. The topological polar surface area (TPSA) is 30.5 Å². The normalized spacial score (nSPS) is 10.5. The minimum Gasteiger partial charge on any atom is -0.495 e. The first-order valence-corrected chi connectivity index (χ1v) is 9.42. The Morgan fingerprint density at radius 3 is 2.15 bits per heavy atom. The summed E-state index contributed by atoms with van der Waals surface area (Å²) in [6, 6.07) is 19.0. The molecule has 0 saturated carbocycles. The van der Waals surface area contributed by atoms with E-state index in [-0.39, 0.29) is 0 Å². The minimum atomic E-state index is 0.405. The Hall–Kier alpha value is -2.07. The second kappa shape index (κ2) is 9.23. The van der Waals surface area contributed by atoms with E-state index in [9.17, 15) is 0 Å². The van der Waals surface area contributed by atoms with Crippen molar-refractivity contribution < 1.29 is 9.47 Å². The molecule has 0 amide bonds. The molecule has 0 fully saturated rings. The standard InChI is InChI=1S/C21H18Cl3NO2/c1-26-20-8-7-16(11-17(20)22)25-12-15-9-18(23)21(19(24)10-15)27-13-14-5-3-2-4-6-14/h2-11,25H,12-13H2,1H3. The third-order valence-electron chi connectivity index (χ3n) is 3.93. The van der Waals surface area contributed by atoms with E-state index >= 15 is 0 Å². The molecule has 0 radical (unpaired) electrons. The van der Waals surface area contributed by atoms with Crippen LogP contribution in [-0.4, -0.2) is 7.11 Å². The zero-order chi connectivity index (χ0) is 19.2. The Labute approximate surface area is 173 Å². The number of rotatable bonds is 7. The third kappa shape index (κ3) is 5.23. The first kappa shape index (κ1) is 19.7. The van der Waals surface area contributed by atoms with Gasteiger partial charge in [-0.3, -0.25) is 0 Å². The van der Waals surface area contributed by atoms with Gasteiger partial charge in [-0.1, -0.05) is 65.1 Å². The van der Waals surface area contributed by atoms with Gasteiger partial charge in [-0.2, -0.15) is 0 Å². The van der Waals surface area contributed by atoms with Gasteiger partial charge < -0.3 is 14.8 Å². The predicted molar refractivity (Wildman–Crippen MR) is 113 cm³/mol. The molecule has 0 atom stereocenters. The number of hydrogen-bond acceptors (Lipinski definition) is 3. The minimum absolute atomic E-state index is 0.405. The second-order valence-electron chi connectivity index (χ2n) is 5.87. The van der Waals surface area contributed by atoms with Gasteiger partial charge in [-0.05, 0) is 41.5 Å². The lowest BCUT2D eigenvalue weighted by Crippen LogP contribution is -2.01. The predicted octanol–water partition coefficient (Wildman–Crippen LogP) is 6.85. The quantitative estimate of drug-likeness (QED) is 0.452. The van der Waals surface area contributed by atoms with E-state index in [0.29, 0.717) is 39.7 Å². The van der Waals surface area contributed by atoms with Gasteiger partial charge in [0.1, 0.15) is 12.4 Å². The highest BCUT2D eigenvalue weighted by Crippen LogP contribution is 2.35. The Kier molecular flexibility index (Phi) is 6.73. The first-order chi connectivity index (χ1) is 13.1. The van der Waals surface area contributed by atoms with Crippen LogP contribution in [0.25, 0.3) is 0 Å². The molecule has 3 aromatic rings. The SMILES string of the molecule is COc1ccc(NCc2cc(Cl)c(OCc3ccccc3)c(Cl)c2)cc1Cl. The number of benzene rings is 3. The molecule has 0 spiro atoms. The van der Waals surface area contributed by atoms with Crippen LogP contribution in [0.4, 0.5) is 5.69 Å². The molecule has 0 aliphatic carbocycles. The van der Waals surface area contributed by atoms with E-state index < -0.39 is 0 Å². The van der Waals surface area contributed by atoms with Crippen LogP contribution in [0.2, 0.25) is 15.1 Å². The maximum atomic E-state index is 6.37. The van der Waals surface area contributed by atoms with E-state index in [4.69, 9.17) is 44.3 Å². The fourth-order valence-corrected chi connectivity index (χ4v) is 3.46. The van der Waals surface area contributed by atoms with Gasteiger partial charge in [0.05, 0.1) is 22.2 Å². The lowest BCUT2D eigenvalue weighted by molar-refractivity contribution is 0.306. The molecular weight excluding hydrogens is 405 g/mol. The fraction of sp³-hybridized carbons (Fsp3) is 0.143. The summed E-state index contributed by atoms with van der Waals surface area (Å²) in [4.78, 5) is 0. The van der Waals surface area contributed by atoms with Gasteiger partial charge in [-0.15, -0.1) is 0 Å². The van der Waals surface area contributed by atoms with Crippen LogP contribution in [0.5, 0.6) is 11.5 Å². The van der Waals surface area contributed by atoms with Crippen LogP contribution < -0.4 is 14.8 Å². The van der Waals surface area contributed by atoms with Gasteiger partial charge in [0.25, 0.3) is 0 Å². The van der Waals surface area contributed by atoms with Gasteiger partial charge in [0, 0.05) is 12.2 Å². The molecule has 0 saturated heterocycles. The fourth-order valence-electron chi connectivity index (χ4n) is 2.56. The number of hydrogen-bond donors (Lipinski definition) is 1. The molecule has 1 N–H and O–H groups in total. The Morgan fingerprint density at radius 1 is 0.815 bits per heavy atom. The second-order valence-corrected chi connectivity index (χ2v) is 7.09. The molecule has 0 unspecified atom stereocenters. The molecule has 140 valence electrons. The smallest absolute Gasteiger partial charge is 0.156 e.